The van der Waals surface area contributed by atoms with Gasteiger partial charge in [0.15, 0.2) is 5.96 Å². The van der Waals surface area contributed by atoms with E-state index < -0.39 is 0 Å². The van der Waals surface area contributed by atoms with E-state index in [1.54, 1.807) is 20.0 Å². The van der Waals surface area contributed by atoms with Gasteiger partial charge in [0.25, 0.3) is 0 Å². The van der Waals surface area contributed by atoms with E-state index in [0.29, 0.717) is 12.1 Å². The number of halogens is 2. The fraction of sp³-hybridized carbons (Fsp3) is 0.562. The van der Waals surface area contributed by atoms with Gasteiger partial charge >= 0.3 is 0 Å². The maximum absolute atomic E-state index is 13.2. The van der Waals surface area contributed by atoms with Gasteiger partial charge < -0.3 is 15.4 Å². The monoisotopic (exact) mass is 436 g/mol. The van der Waals surface area contributed by atoms with E-state index in [0.717, 1.165) is 50.9 Å². The molecule has 130 valence electrons. The van der Waals surface area contributed by atoms with Crippen molar-refractivity contribution in [3.8, 4) is 0 Å². The minimum Gasteiger partial charge on any atom is -0.379 e. The largest absolute Gasteiger partial charge is 0.379 e. The van der Waals surface area contributed by atoms with Crippen molar-refractivity contribution in [2.24, 2.45) is 4.99 Å². The minimum atomic E-state index is -0.170. The first-order chi connectivity index (χ1) is 10.7. The highest BCUT2D eigenvalue weighted by Gasteiger charge is 2.09. The van der Waals surface area contributed by atoms with E-state index in [1.807, 2.05) is 6.07 Å². The van der Waals surface area contributed by atoms with Crippen LogP contribution in [0.15, 0.2) is 23.2 Å². The van der Waals surface area contributed by atoms with Gasteiger partial charge in [-0.15, -0.1) is 24.0 Å². The molecule has 0 atom stereocenters. The van der Waals surface area contributed by atoms with Crippen molar-refractivity contribution in [2.75, 3.05) is 46.4 Å². The number of nitrogens with zero attached hydrogens (tertiary/aromatic N) is 2. The molecule has 1 fully saturated rings. The third kappa shape index (κ3) is 7.01. The average Bonchev–Trinajstić information content (AvgIpc) is 2.55. The zero-order chi connectivity index (χ0) is 15.8. The summed E-state index contributed by atoms with van der Waals surface area (Å²) in [5.41, 5.74) is 1.70. The topological polar surface area (TPSA) is 48.9 Å². The molecule has 7 heteroatoms. The molecule has 5 nitrogen and oxygen atoms in total. The Kier molecular flexibility index (Phi) is 9.42. The second-order valence-corrected chi connectivity index (χ2v) is 5.39. The number of ether oxygens (including phenoxy) is 1. The number of benzene rings is 1. The summed E-state index contributed by atoms with van der Waals surface area (Å²) in [6.07, 6.45) is 0. The van der Waals surface area contributed by atoms with Crippen molar-refractivity contribution in [1.82, 2.24) is 15.5 Å². The smallest absolute Gasteiger partial charge is 0.191 e. The number of hydrogen-bond acceptors (Lipinski definition) is 3. The Morgan fingerprint density at radius 2 is 2.04 bits per heavy atom. The summed E-state index contributed by atoms with van der Waals surface area (Å²) in [6.45, 7) is 7.81. The van der Waals surface area contributed by atoms with E-state index in [-0.39, 0.29) is 29.8 Å². The molecule has 1 aromatic rings. The Labute approximate surface area is 154 Å². The summed E-state index contributed by atoms with van der Waals surface area (Å²) < 4.78 is 18.6. The molecule has 0 aromatic heterocycles. The Hall–Kier alpha value is -0.930. The van der Waals surface area contributed by atoms with Gasteiger partial charge in [0, 0.05) is 39.8 Å². The van der Waals surface area contributed by atoms with Crippen LogP contribution in [0.3, 0.4) is 0 Å². The third-order valence-corrected chi connectivity index (χ3v) is 3.73. The van der Waals surface area contributed by atoms with E-state index in [1.165, 1.54) is 6.07 Å². The number of morpholine rings is 1. The summed E-state index contributed by atoms with van der Waals surface area (Å²) in [4.78, 5) is 6.57. The Bertz CT molecular complexity index is 507. The first kappa shape index (κ1) is 20.1. The van der Waals surface area contributed by atoms with Crippen LogP contribution in [0, 0.1) is 12.7 Å². The van der Waals surface area contributed by atoms with E-state index in [4.69, 9.17) is 4.74 Å². The van der Waals surface area contributed by atoms with E-state index in [2.05, 4.69) is 20.5 Å². The van der Waals surface area contributed by atoms with Crippen molar-refractivity contribution in [1.29, 1.82) is 0 Å². The molecular weight excluding hydrogens is 410 g/mol. The number of aryl methyl sites for hydroxylation is 1. The van der Waals surface area contributed by atoms with Crippen molar-refractivity contribution in [3.05, 3.63) is 35.1 Å². The second-order valence-electron chi connectivity index (χ2n) is 5.39. The van der Waals surface area contributed by atoms with Gasteiger partial charge in [-0.1, -0.05) is 12.1 Å². The molecule has 23 heavy (non-hydrogen) atoms. The van der Waals surface area contributed by atoms with Crippen LogP contribution < -0.4 is 10.6 Å². The molecule has 0 aliphatic carbocycles. The van der Waals surface area contributed by atoms with Crippen LogP contribution in [0.4, 0.5) is 4.39 Å². The molecule has 1 aliphatic heterocycles. The van der Waals surface area contributed by atoms with Gasteiger partial charge in [-0.2, -0.15) is 0 Å². The highest BCUT2D eigenvalue weighted by atomic mass is 127. The summed E-state index contributed by atoms with van der Waals surface area (Å²) in [5.74, 6) is 0.590. The van der Waals surface area contributed by atoms with Crippen molar-refractivity contribution in [3.63, 3.8) is 0 Å². The Morgan fingerprint density at radius 3 is 2.70 bits per heavy atom. The summed E-state index contributed by atoms with van der Waals surface area (Å²) in [6, 6.07) is 5.14. The molecule has 1 aliphatic rings. The van der Waals surface area contributed by atoms with Gasteiger partial charge in [0.2, 0.25) is 0 Å². The molecule has 0 radical (unpaired) electrons. The van der Waals surface area contributed by atoms with Crippen LogP contribution in [-0.4, -0.2) is 57.3 Å². The molecule has 0 unspecified atom stereocenters. The van der Waals surface area contributed by atoms with Gasteiger partial charge in [0.05, 0.1) is 13.2 Å². The lowest BCUT2D eigenvalue weighted by Crippen LogP contribution is -2.44. The Morgan fingerprint density at radius 1 is 1.30 bits per heavy atom. The van der Waals surface area contributed by atoms with Crippen LogP contribution in [0.1, 0.15) is 11.1 Å². The number of guanidine groups is 1. The van der Waals surface area contributed by atoms with Gasteiger partial charge in [-0.25, -0.2) is 4.39 Å². The summed E-state index contributed by atoms with van der Waals surface area (Å²) in [5, 5.41) is 6.54. The molecule has 2 rings (SSSR count). The lowest BCUT2D eigenvalue weighted by atomic mass is 10.1. The maximum Gasteiger partial charge on any atom is 0.191 e. The van der Waals surface area contributed by atoms with Gasteiger partial charge in [0.1, 0.15) is 5.82 Å². The third-order valence-electron chi connectivity index (χ3n) is 3.73. The first-order valence-electron chi connectivity index (χ1n) is 7.68. The fourth-order valence-electron chi connectivity index (χ4n) is 2.38. The maximum atomic E-state index is 13.2. The van der Waals surface area contributed by atoms with Crippen molar-refractivity contribution >= 4 is 29.9 Å². The SMILES string of the molecule is CN=C(NCCN1CCOCC1)NCc1ccc(F)c(C)c1.I. The lowest BCUT2D eigenvalue weighted by Gasteiger charge is -2.26. The number of rotatable bonds is 5. The standard InChI is InChI=1S/C16H25FN4O.HI/c1-13-11-14(3-4-15(13)17)12-20-16(18-2)19-5-6-21-7-9-22-10-8-21;/h3-4,11H,5-10,12H2,1-2H3,(H2,18,19,20);1H. The van der Waals surface area contributed by atoms with Gasteiger partial charge in [-0.05, 0) is 24.1 Å². The molecule has 0 spiro atoms. The first-order valence-corrected chi connectivity index (χ1v) is 7.68. The highest BCUT2D eigenvalue weighted by molar-refractivity contribution is 14.0. The van der Waals surface area contributed by atoms with E-state index in [9.17, 15) is 4.39 Å². The molecule has 0 bridgehead atoms. The fourth-order valence-corrected chi connectivity index (χ4v) is 2.38. The van der Waals surface area contributed by atoms with Crippen LogP contribution >= 0.6 is 24.0 Å². The molecule has 0 amide bonds. The number of aliphatic imine (C=N–C) groups is 1. The lowest BCUT2D eigenvalue weighted by molar-refractivity contribution is 0.0389. The molecular formula is C16H26FIN4O. The van der Waals surface area contributed by atoms with Crippen LogP contribution in [0.25, 0.3) is 0 Å². The highest BCUT2D eigenvalue weighted by Crippen LogP contribution is 2.08. The minimum absolute atomic E-state index is 0. The zero-order valence-electron chi connectivity index (χ0n) is 13.8. The van der Waals surface area contributed by atoms with Crippen LogP contribution in [0.5, 0.6) is 0 Å². The summed E-state index contributed by atoms with van der Waals surface area (Å²) >= 11 is 0. The van der Waals surface area contributed by atoms with Crippen LogP contribution in [-0.2, 0) is 11.3 Å². The summed E-state index contributed by atoms with van der Waals surface area (Å²) in [7, 11) is 1.75. The molecule has 0 saturated carbocycles. The van der Waals surface area contributed by atoms with Gasteiger partial charge in [-0.3, -0.25) is 9.89 Å². The van der Waals surface area contributed by atoms with Crippen molar-refractivity contribution < 1.29 is 9.13 Å². The van der Waals surface area contributed by atoms with Crippen molar-refractivity contribution in [2.45, 2.75) is 13.5 Å². The molecule has 2 N–H and O–H groups in total. The Balaban J connectivity index is 0.00000264. The number of nitrogens with one attached hydrogen (secondary N) is 2. The second kappa shape index (κ2) is 10.8. The predicted octanol–water partition coefficient (Wildman–Crippen LogP) is 1.75. The normalized spacial score (nSPS) is 15.9. The zero-order valence-corrected chi connectivity index (χ0v) is 16.1. The predicted molar refractivity (Wildman–Crippen MR) is 102 cm³/mol. The number of hydrogen-bond donors (Lipinski definition) is 2. The quantitative estimate of drug-likeness (QED) is 0.420. The average molecular weight is 436 g/mol. The van der Waals surface area contributed by atoms with Crippen LogP contribution in [0.2, 0.25) is 0 Å². The van der Waals surface area contributed by atoms with E-state index >= 15 is 0 Å². The molecule has 1 heterocycles. The molecule has 1 aromatic carbocycles. The molecule has 1 saturated heterocycles.